The van der Waals surface area contributed by atoms with Gasteiger partial charge in [0.05, 0.1) is 18.9 Å². The number of carbonyl (C=O) groups excluding carboxylic acids is 1. The second-order valence-corrected chi connectivity index (χ2v) is 2.73. The van der Waals surface area contributed by atoms with E-state index in [9.17, 15) is 4.79 Å². The average Bonchev–Trinajstić information content (AvgIpc) is 2.76. The molecule has 5 heteroatoms. The van der Waals surface area contributed by atoms with Crippen LogP contribution >= 0.6 is 0 Å². The fraction of sp³-hybridized carbons (Fsp3) is 0.100. The van der Waals surface area contributed by atoms with Gasteiger partial charge in [0.1, 0.15) is 5.69 Å². The summed E-state index contributed by atoms with van der Waals surface area (Å²) in [5, 5.41) is 0. The Balaban J connectivity index is 2.58. The maximum atomic E-state index is 10.7. The van der Waals surface area contributed by atoms with Gasteiger partial charge >= 0.3 is 0 Å². The number of hydrogen-bond acceptors (Lipinski definition) is 5. The Hall–Kier alpha value is -2.17. The van der Waals surface area contributed by atoms with Crippen LogP contribution in [0.4, 0.5) is 0 Å². The Labute approximate surface area is 85.7 Å². The van der Waals surface area contributed by atoms with E-state index in [-0.39, 0.29) is 5.76 Å². The molecule has 2 rings (SSSR count). The number of nitrogens with zero attached hydrogens (tertiary/aromatic N) is 2. The summed E-state index contributed by atoms with van der Waals surface area (Å²) < 4.78 is 10.0. The summed E-state index contributed by atoms with van der Waals surface area (Å²) in [6.07, 6.45) is 5.10. The van der Waals surface area contributed by atoms with Crippen LogP contribution in [-0.2, 0) is 0 Å². The van der Waals surface area contributed by atoms with E-state index < -0.39 is 0 Å². The van der Waals surface area contributed by atoms with Gasteiger partial charge in [-0.25, -0.2) is 9.97 Å². The summed E-state index contributed by atoms with van der Waals surface area (Å²) in [5.74, 6) is 0.579. The summed E-state index contributed by atoms with van der Waals surface area (Å²) in [7, 11) is 1.49. The van der Waals surface area contributed by atoms with E-state index in [0.717, 1.165) is 0 Å². The van der Waals surface area contributed by atoms with Crippen LogP contribution in [0.1, 0.15) is 10.6 Å². The molecular formula is C10H8N2O3. The first kappa shape index (κ1) is 9.39. The number of aldehydes is 1. The molecule has 2 aromatic heterocycles. The van der Waals surface area contributed by atoms with Crippen LogP contribution in [0.25, 0.3) is 11.3 Å². The second-order valence-electron chi connectivity index (χ2n) is 2.73. The van der Waals surface area contributed by atoms with Crippen LogP contribution < -0.4 is 4.74 Å². The molecule has 0 aromatic carbocycles. The van der Waals surface area contributed by atoms with Crippen LogP contribution in [0.3, 0.4) is 0 Å². The lowest BCUT2D eigenvalue weighted by molar-refractivity contribution is 0.110. The predicted octanol–water partition coefficient (Wildman–Crippen LogP) is 1.56. The zero-order valence-corrected chi connectivity index (χ0v) is 8.01. The van der Waals surface area contributed by atoms with Crippen molar-refractivity contribution in [3.63, 3.8) is 0 Å². The highest BCUT2D eigenvalue weighted by atomic mass is 16.5. The number of hydrogen-bond donors (Lipinski definition) is 0. The summed E-state index contributed by atoms with van der Waals surface area (Å²) in [4.78, 5) is 18.8. The Morgan fingerprint density at radius 3 is 2.93 bits per heavy atom. The molecule has 0 saturated heterocycles. The number of furan rings is 1. The fourth-order valence-corrected chi connectivity index (χ4v) is 1.27. The number of rotatable bonds is 3. The highest BCUT2D eigenvalue weighted by Gasteiger charge is 2.14. The quantitative estimate of drug-likeness (QED) is 0.710. The van der Waals surface area contributed by atoms with E-state index >= 15 is 0 Å². The number of carbonyl (C=O) groups is 1. The predicted molar refractivity (Wildman–Crippen MR) is 51.7 cm³/mol. The second kappa shape index (κ2) is 3.91. The number of methoxy groups -OCH3 is 1. The van der Waals surface area contributed by atoms with E-state index in [4.69, 9.17) is 9.15 Å². The summed E-state index contributed by atoms with van der Waals surface area (Å²) >= 11 is 0. The summed E-state index contributed by atoms with van der Waals surface area (Å²) in [6, 6.07) is 1.65. The van der Waals surface area contributed by atoms with E-state index in [0.29, 0.717) is 23.4 Å². The Kier molecular flexibility index (Phi) is 2.45. The minimum Gasteiger partial charge on any atom is -0.479 e. The minimum atomic E-state index is 0.216. The third-order valence-corrected chi connectivity index (χ3v) is 1.92. The molecular weight excluding hydrogens is 196 g/mol. The van der Waals surface area contributed by atoms with E-state index in [1.807, 2.05) is 0 Å². The van der Waals surface area contributed by atoms with Crippen molar-refractivity contribution in [1.29, 1.82) is 0 Å². The molecule has 0 N–H and O–H groups in total. The lowest BCUT2D eigenvalue weighted by atomic mass is 10.2. The van der Waals surface area contributed by atoms with Gasteiger partial charge < -0.3 is 9.15 Å². The standard InChI is InChI=1S/C10H8N2O3/c1-14-10-9(11-3-4-12-10)7-2-5-15-8(7)6-13/h2-6H,1H3. The van der Waals surface area contributed by atoms with E-state index in [2.05, 4.69) is 9.97 Å². The molecule has 15 heavy (non-hydrogen) atoms. The van der Waals surface area contributed by atoms with Crippen LogP contribution in [-0.4, -0.2) is 23.4 Å². The van der Waals surface area contributed by atoms with Crippen LogP contribution in [0.5, 0.6) is 5.88 Å². The van der Waals surface area contributed by atoms with Crippen molar-refractivity contribution in [2.45, 2.75) is 0 Å². The smallest absolute Gasteiger partial charge is 0.240 e. The number of aromatic nitrogens is 2. The normalized spacial score (nSPS) is 9.93. The van der Waals surface area contributed by atoms with Crippen LogP contribution in [0.2, 0.25) is 0 Å². The molecule has 0 radical (unpaired) electrons. The van der Waals surface area contributed by atoms with Gasteiger partial charge in [0, 0.05) is 12.4 Å². The third kappa shape index (κ3) is 1.59. The van der Waals surface area contributed by atoms with Gasteiger partial charge in [0.25, 0.3) is 0 Å². The first-order valence-corrected chi connectivity index (χ1v) is 4.25. The van der Waals surface area contributed by atoms with Gasteiger partial charge in [-0.2, -0.15) is 0 Å². The Morgan fingerprint density at radius 1 is 1.40 bits per heavy atom. The van der Waals surface area contributed by atoms with Gasteiger partial charge in [-0.15, -0.1) is 0 Å². The molecule has 0 amide bonds. The zero-order valence-electron chi connectivity index (χ0n) is 8.01. The molecule has 76 valence electrons. The highest BCUT2D eigenvalue weighted by molar-refractivity contribution is 5.84. The van der Waals surface area contributed by atoms with Crippen molar-refractivity contribution >= 4 is 6.29 Å². The van der Waals surface area contributed by atoms with Crippen LogP contribution in [0.15, 0.2) is 29.1 Å². The molecule has 0 saturated carbocycles. The molecule has 0 unspecified atom stereocenters. The molecule has 2 aromatic rings. The first-order valence-electron chi connectivity index (χ1n) is 4.25. The topological polar surface area (TPSA) is 65.2 Å². The molecule has 2 heterocycles. The van der Waals surface area contributed by atoms with Crippen LogP contribution in [0, 0.1) is 0 Å². The molecule has 0 spiro atoms. The monoisotopic (exact) mass is 204 g/mol. The summed E-state index contributed by atoms with van der Waals surface area (Å²) in [6.45, 7) is 0. The lowest BCUT2D eigenvalue weighted by Crippen LogP contribution is -1.94. The first-order chi connectivity index (χ1) is 7.36. The highest BCUT2D eigenvalue weighted by Crippen LogP contribution is 2.27. The Bertz CT molecular complexity index is 479. The lowest BCUT2D eigenvalue weighted by Gasteiger charge is -2.03. The average molecular weight is 204 g/mol. The van der Waals surface area contributed by atoms with Crippen molar-refractivity contribution in [3.8, 4) is 17.1 Å². The molecule has 0 fully saturated rings. The minimum absolute atomic E-state index is 0.216. The maximum absolute atomic E-state index is 10.7. The van der Waals surface area contributed by atoms with Crippen molar-refractivity contribution in [2.75, 3.05) is 7.11 Å². The van der Waals surface area contributed by atoms with Gasteiger partial charge in [-0.3, -0.25) is 4.79 Å². The maximum Gasteiger partial charge on any atom is 0.240 e. The fourth-order valence-electron chi connectivity index (χ4n) is 1.27. The van der Waals surface area contributed by atoms with Crippen molar-refractivity contribution in [2.24, 2.45) is 0 Å². The number of ether oxygens (including phenoxy) is 1. The van der Waals surface area contributed by atoms with Gasteiger partial charge in [0.15, 0.2) is 12.0 Å². The largest absolute Gasteiger partial charge is 0.479 e. The molecule has 5 nitrogen and oxygen atoms in total. The van der Waals surface area contributed by atoms with Crippen molar-refractivity contribution < 1.29 is 13.9 Å². The van der Waals surface area contributed by atoms with Gasteiger partial charge in [0.2, 0.25) is 5.88 Å². The van der Waals surface area contributed by atoms with E-state index in [1.54, 1.807) is 6.07 Å². The molecule has 0 aliphatic carbocycles. The molecule has 0 aliphatic heterocycles. The van der Waals surface area contributed by atoms with Gasteiger partial charge in [-0.1, -0.05) is 0 Å². The Morgan fingerprint density at radius 2 is 2.20 bits per heavy atom. The van der Waals surface area contributed by atoms with Crippen molar-refractivity contribution in [3.05, 3.63) is 30.5 Å². The molecule has 0 bridgehead atoms. The third-order valence-electron chi connectivity index (χ3n) is 1.92. The zero-order chi connectivity index (χ0) is 10.7. The van der Waals surface area contributed by atoms with Gasteiger partial charge in [-0.05, 0) is 6.07 Å². The SMILES string of the molecule is COc1nccnc1-c1ccoc1C=O. The van der Waals surface area contributed by atoms with E-state index in [1.165, 1.54) is 25.8 Å². The molecule has 0 aliphatic rings. The summed E-state index contributed by atoms with van der Waals surface area (Å²) in [5.41, 5.74) is 1.07. The molecule has 0 atom stereocenters. The van der Waals surface area contributed by atoms with Crippen molar-refractivity contribution in [1.82, 2.24) is 9.97 Å².